The zero-order chi connectivity index (χ0) is 13.8. The highest BCUT2D eigenvalue weighted by atomic mass is 16.5. The van der Waals surface area contributed by atoms with Crippen LogP contribution in [0.2, 0.25) is 0 Å². The molecule has 1 rings (SSSR count). The molecule has 2 heteroatoms. The monoisotopic (exact) mass is 247 g/mol. The highest BCUT2D eigenvalue weighted by molar-refractivity contribution is 5.49. The third-order valence-corrected chi connectivity index (χ3v) is 1.90. The zero-order valence-corrected chi connectivity index (χ0v) is 10.7. The van der Waals surface area contributed by atoms with Crippen LogP contribution in [0.4, 0.5) is 0 Å². The van der Waals surface area contributed by atoms with Crippen molar-refractivity contribution in [3.63, 3.8) is 0 Å². The second-order valence-electron chi connectivity index (χ2n) is 3.26. The van der Waals surface area contributed by atoms with E-state index >= 15 is 0 Å². The number of benzene rings is 1. The van der Waals surface area contributed by atoms with Gasteiger partial charge in [0.1, 0.15) is 12.4 Å². The second kappa shape index (κ2) is 9.27. The molecule has 0 spiro atoms. The quantitative estimate of drug-likeness (QED) is 0.820. The van der Waals surface area contributed by atoms with Crippen LogP contribution in [-0.2, 0) is 0 Å². The van der Waals surface area contributed by atoms with E-state index in [9.17, 15) is 0 Å². The molecule has 19 heavy (non-hydrogen) atoms. The van der Waals surface area contributed by atoms with E-state index in [1.54, 1.807) is 6.92 Å². The fourth-order valence-electron chi connectivity index (χ4n) is 1.15. The minimum absolute atomic E-state index is 0.464. The maximum atomic E-state index is 5.47. The van der Waals surface area contributed by atoms with Crippen molar-refractivity contribution in [2.45, 2.75) is 6.92 Å². The van der Waals surface area contributed by atoms with Crippen LogP contribution in [0, 0.1) is 47.4 Å². The predicted molar refractivity (Wildman–Crippen MR) is 76.9 cm³/mol. The summed E-state index contributed by atoms with van der Waals surface area (Å²) < 4.78 is 5.47. The average molecular weight is 247 g/mol. The van der Waals surface area contributed by atoms with Gasteiger partial charge in [-0.05, 0) is 60.5 Å². The van der Waals surface area contributed by atoms with Crippen LogP contribution >= 0.6 is 0 Å². The lowest BCUT2D eigenvalue weighted by atomic mass is 10.2. The van der Waals surface area contributed by atoms with Gasteiger partial charge in [-0.1, -0.05) is 18.1 Å². The normalized spacial score (nSPS) is 7.26. The lowest BCUT2D eigenvalue weighted by Gasteiger charge is -2.05. The first-order valence-corrected chi connectivity index (χ1v) is 5.73. The Hall–Kier alpha value is -2.78. The molecule has 2 N–H and O–H groups in total. The van der Waals surface area contributed by atoms with E-state index in [0.29, 0.717) is 18.9 Å². The second-order valence-corrected chi connectivity index (χ2v) is 3.26. The average Bonchev–Trinajstić information content (AvgIpc) is 2.45. The molecule has 92 valence electrons. The number of rotatable bonds is 3. The van der Waals surface area contributed by atoms with Crippen LogP contribution in [0.15, 0.2) is 24.3 Å². The largest absolute Gasteiger partial charge is 0.491 e. The van der Waals surface area contributed by atoms with E-state index in [1.807, 2.05) is 24.3 Å². The van der Waals surface area contributed by atoms with Crippen molar-refractivity contribution in [1.29, 1.82) is 0 Å². The topological polar surface area (TPSA) is 35.2 Å². The van der Waals surface area contributed by atoms with Crippen LogP contribution < -0.4 is 10.5 Å². The summed E-state index contributed by atoms with van der Waals surface area (Å²) in [5.41, 5.74) is 6.18. The third-order valence-electron chi connectivity index (χ3n) is 1.90. The molecule has 1 aromatic rings. The molecule has 2 nitrogen and oxygen atoms in total. The van der Waals surface area contributed by atoms with Gasteiger partial charge in [-0.2, -0.15) is 0 Å². The molecule has 0 bridgehead atoms. The van der Waals surface area contributed by atoms with Gasteiger partial charge < -0.3 is 10.5 Å². The molecule has 0 aromatic heterocycles. The Balaban J connectivity index is 2.77. The summed E-state index contributed by atoms with van der Waals surface area (Å²) in [7, 11) is 0. The van der Waals surface area contributed by atoms with Crippen molar-refractivity contribution in [2.24, 2.45) is 5.73 Å². The summed E-state index contributed by atoms with van der Waals surface area (Å²) in [5.74, 6) is 22.0. The van der Waals surface area contributed by atoms with Crippen molar-refractivity contribution in [3.05, 3.63) is 29.8 Å². The first kappa shape index (κ1) is 14.3. The summed E-state index contributed by atoms with van der Waals surface area (Å²) in [6.45, 7) is 2.65. The van der Waals surface area contributed by atoms with Crippen LogP contribution in [-0.4, -0.2) is 13.2 Å². The molecule has 0 amide bonds. The molecule has 0 aliphatic carbocycles. The Kier molecular flexibility index (Phi) is 6.97. The standard InChI is InChI=1S/C17H13NO/c1-2-3-4-5-6-7-8-11-16-12-9-10-13-17(16)19-15-14-18/h9-10,12-13H,14-15,18H2,1H3. The van der Waals surface area contributed by atoms with E-state index in [2.05, 4.69) is 47.4 Å². The minimum atomic E-state index is 0.464. The summed E-state index contributed by atoms with van der Waals surface area (Å²) in [6, 6.07) is 7.50. The molecule has 0 unspecified atom stereocenters. The third kappa shape index (κ3) is 5.91. The maximum absolute atomic E-state index is 5.47. The SMILES string of the molecule is CC#CC#CC#CC#Cc1ccccc1OCCN. The molecular formula is C17H13NO. The molecule has 0 saturated carbocycles. The minimum Gasteiger partial charge on any atom is -0.491 e. The van der Waals surface area contributed by atoms with Gasteiger partial charge >= 0.3 is 0 Å². The first-order valence-electron chi connectivity index (χ1n) is 5.73. The van der Waals surface area contributed by atoms with Crippen molar-refractivity contribution >= 4 is 0 Å². The molecule has 0 heterocycles. The van der Waals surface area contributed by atoms with Gasteiger partial charge in [-0.3, -0.25) is 0 Å². The Morgan fingerprint density at radius 3 is 2.42 bits per heavy atom. The van der Waals surface area contributed by atoms with E-state index in [4.69, 9.17) is 10.5 Å². The van der Waals surface area contributed by atoms with Gasteiger partial charge in [-0.25, -0.2) is 0 Å². The Labute approximate surface area is 114 Å². The van der Waals surface area contributed by atoms with Gasteiger partial charge in [0.05, 0.1) is 5.56 Å². The fraction of sp³-hybridized carbons (Fsp3) is 0.176. The Bertz CT molecular complexity index is 658. The molecule has 1 aromatic carbocycles. The number of nitrogens with two attached hydrogens (primary N) is 1. The first-order chi connectivity index (χ1) is 9.38. The maximum Gasteiger partial charge on any atom is 0.135 e. The number of hydrogen-bond acceptors (Lipinski definition) is 2. The van der Waals surface area contributed by atoms with Crippen LogP contribution in [0.1, 0.15) is 12.5 Å². The van der Waals surface area contributed by atoms with Gasteiger partial charge in [0, 0.05) is 6.54 Å². The lowest BCUT2D eigenvalue weighted by Crippen LogP contribution is -2.11. The Morgan fingerprint density at radius 1 is 1.00 bits per heavy atom. The molecule has 0 aliphatic rings. The number of para-hydroxylation sites is 1. The Morgan fingerprint density at radius 2 is 1.68 bits per heavy atom. The van der Waals surface area contributed by atoms with Crippen molar-refractivity contribution in [3.8, 4) is 53.1 Å². The smallest absolute Gasteiger partial charge is 0.135 e. The lowest BCUT2D eigenvalue weighted by molar-refractivity contribution is 0.327. The highest BCUT2D eigenvalue weighted by Crippen LogP contribution is 2.16. The number of ether oxygens (including phenoxy) is 1. The zero-order valence-electron chi connectivity index (χ0n) is 10.7. The van der Waals surface area contributed by atoms with E-state index < -0.39 is 0 Å². The molecule has 0 radical (unpaired) electrons. The van der Waals surface area contributed by atoms with E-state index in [-0.39, 0.29) is 0 Å². The van der Waals surface area contributed by atoms with Crippen molar-refractivity contribution < 1.29 is 4.74 Å². The van der Waals surface area contributed by atoms with Gasteiger partial charge in [0.2, 0.25) is 0 Å². The molecule has 0 fully saturated rings. The molecule has 0 saturated heterocycles. The van der Waals surface area contributed by atoms with Crippen LogP contribution in [0.25, 0.3) is 0 Å². The van der Waals surface area contributed by atoms with Crippen LogP contribution in [0.3, 0.4) is 0 Å². The van der Waals surface area contributed by atoms with Gasteiger partial charge in [0.15, 0.2) is 0 Å². The van der Waals surface area contributed by atoms with Gasteiger partial charge in [-0.15, -0.1) is 0 Å². The van der Waals surface area contributed by atoms with Crippen LogP contribution in [0.5, 0.6) is 5.75 Å². The van der Waals surface area contributed by atoms with E-state index in [0.717, 1.165) is 5.56 Å². The summed E-state index contributed by atoms with van der Waals surface area (Å²) >= 11 is 0. The summed E-state index contributed by atoms with van der Waals surface area (Å²) in [6.07, 6.45) is 0. The highest BCUT2D eigenvalue weighted by Gasteiger charge is 1.98. The molecular weight excluding hydrogens is 234 g/mol. The summed E-state index contributed by atoms with van der Waals surface area (Å²) in [4.78, 5) is 0. The summed E-state index contributed by atoms with van der Waals surface area (Å²) in [5, 5.41) is 0. The number of hydrogen-bond donors (Lipinski definition) is 1. The fourth-order valence-corrected chi connectivity index (χ4v) is 1.15. The van der Waals surface area contributed by atoms with E-state index in [1.165, 1.54) is 0 Å². The van der Waals surface area contributed by atoms with Crippen molar-refractivity contribution in [1.82, 2.24) is 0 Å². The van der Waals surface area contributed by atoms with Crippen molar-refractivity contribution in [2.75, 3.05) is 13.2 Å². The molecule has 0 atom stereocenters. The van der Waals surface area contributed by atoms with Gasteiger partial charge in [0.25, 0.3) is 0 Å². The molecule has 0 aliphatic heterocycles. The predicted octanol–water partition coefficient (Wildman–Crippen LogP) is 1.41.